The topological polar surface area (TPSA) is 155 Å². The normalized spacial score (nSPS) is 13.5. The number of nitrogens with two attached hydrogens (primary N) is 1. The van der Waals surface area contributed by atoms with Crippen molar-refractivity contribution in [2.75, 3.05) is 17.2 Å². The first-order valence-corrected chi connectivity index (χ1v) is 16.8. The van der Waals surface area contributed by atoms with Gasteiger partial charge < -0.3 is 10.5 Å². The van der Waals surface area contributed by atoms with Crippen molar-refractivity contribution in [1.29, 1.82) is 0 Å². The molecule has 0 spiro atoms. The van der Waals surface area contributed by atoms with Gasteiger partial charge in [-0.2, -0.15) is 45.1 Å². The number of pyridine rings is 1. The van der Waals surface area contributed by atoms with E-state index < -0.39 is 98.8 Å². The van der Waals surface area contributed by atoms with Gasteiger partial charge in [-0.3, -0.25) is 18.8 Å². The molecule has 0 aliphatic heterocycles. The number of ether oxygens (including phenoxy) is 1. The molecule has 0 saturated heterocycles. The number of halogens is 10. The van der Waals surface area contributed by atoms with E-state index in [2.05, 4.69) is 19.8 Å². The molecule has 5 rings (SSSR count). The molecular formula is C30H23ClF9N7O5S. The maximum Gasteiger partial charge on any atom is 0.460 e. The van der Waals surface area contributed by atoms with E-state index >= 15 is 0 Å². The zero-order valence-electron chi connectivity index (χ0n) is 27.0. The summed E-state index contributed by atoms with van der Waals surface area (Å²) >= 11 is 6.47. The average molecular weight is 800 g/mol. The quantitative estimate of drug-likeness (QED) is 0.184. The molecule has 0 fully saturated rings. The molecule has 5 aromatic rings. The monoisotopic (exact) mass is 799 g/mol. The molecule has 2 N–H and O–H groups in total. The lowest BCUT2D eigenvalue weighted by atomic mass is 10.0. The van der Waals surface area contributed by atoms with E-state index in [4.69, 9.17) is 17.3 Å². The van der Waals surface area contributed by atoms with Gasteiger partial charge in [0.1, 0.15) is 17.5 Å². The summed E-state index contributed by atoms with van der Waals surface area (Å²) < 4.78 is 153. The summed E-state index contributed by atoms with van der Waals surface area (Å²) in [5, 5.41) is 3.44. The Balaban J connectivity index is 1.74. The highest BCUT2D eigenvalue weighted by Gasteiger charge is 2.73. The summed E-state index contributed by atoms with van der Waals surface area (Å²) in [5.74, 6) is -17.1. The van der Waals surface area contributed by atoms with Crippen molar-refractivity contribution in [3.05, 3.63) is 80.9 Å². The minimum atomic E-state index is -6.63. The molecule has 1 unspecified atom stereocenters. The fourth-order valence-electron chi connectivity index (χ4n) is 5.36. The Morgan fingerprint density at radius 1 is 1.02 bits per heavy atom. The fraction of sp³-hybridized carbons (Fsp3) is 0.300. The Bertz CT molecular complexity index is 2440. The van der Waals surface area contributed by atoms with Crippen LogP contribution in [0, 0.1) is 11.6 Å². The molecule has 1 atom stereocenters. The average Bonchev–Trinajstić information content (AvgIpc) is 3.35. The molecule has 0 saturated carbocycles. The summed E-state index contributed by atoms with van der Waals surface area (Å²) in [6, 6.07) is 5.00. The van der Waals surface area contributed by atoms with E-state index in [9.17, 15) is 57.5 Å². The number of alkyl halides is 7. The first-order chi connectivity index (χ1) is 24.4. The molecule has 12 nitrogen and oxygen atoms in total. The van der Waals surface area contributed by atoms with E-state index in [-0.39, 0.29) is 27.2 Å². The molecule has 0 radical (unpaired) electrons. The summed E-state index contributed by atoms with van der Waals surface area (Å²) in [4.78, 5) is 34.7. The predicted molar refractivity (Wildman–Crippen MR) is 171 cm³/mol. The molecule has 3 aromatic heterocycles. The van der Waals surface area contributed by atoms with Crippen LogP contribution in [0.5, 0.6) is 5.88 Å². The molecule has 2 aromatic carbocycles. The molecule has 23 heteroatoms. The summed E-state index contributed by atoms with van der Waals surface area (Å²) in [5.41, 5.74) is 4.51. The highest BCUT2D eigenvalue weighted by molar-refractivity contribution is 7.92. The van der Waals surface area contributed by atoms with Crippen LogP contribution in [0.3, 0.4) is 0 Å². The van der Waals surface area contributed by atoms with Gasteiger partial charge in [0.15, 0.2) is 18.1 Å². The number of aryl methyl sites for hydroxylation is 1. The molecule has 0 aliphatic rings. The highest BCUT2D eigenvalue weighted by Crippen LogP contribution is 2.46. The molecule has 1 amide bonds. The number of rotatable bonds is 10. The van der Waals surface area contributed by atoms with Crippen molar-refractivity contribution in [3.63, 3.8) is 0 Å². The van der Waals surface area contributed by atoms with Crippen LogP contribution in [0.25, 0.3) is 27.6 Å². The summed E-state index contributed by atoms with van der Waals surface area (Å²) in [6.07, 6.45) is -6.33. The summed E-state index contributed by atoms with van der Waals surface area (Å²) in [6.45, 7) is -1.56. The van der Waals surface area contributed by atoms with Crippen molar-refractivity contribution >= 4 is 55.3 Å². The molecule has 0 bridgehead atoms. The van der Waals surface area contributed by atoms with Gasteiger partial charge in [0.2, 0.25) is 21.8 Å². The van der Waals surface area contributed by atoms with Gasteiger partial charge in [0.25, 0.3) is 5.56 Å². The number of nitrogens with zero attached hydrogens (tertiary/aromatic N) is 6. The van der Waals surface area contributed by atoms with E-state index in [0.29, 0.717) is 16.4 Å². The van der Waals surface area contributed by atoms with Crippen LogP contribution in [0.2, 0.25) is 5.02 Å². The Hall–Kier alpha value is -4.96. The number of fused-ring (bicyclic) bond motifs is 2. The molecule has 53 heavy (non-hydrogen) atoms. The highest BCUT2D eigenvalue weighted by atomic mass is 35.5. The van der Waals surface area contributed by atoms with E-state index in [0.717, 1.165) is 40.6 Å². The maximum atomic E-state index is 14.2. The van der Waals surface area contributed by atoms with Gasteiger partial charge in [-0.25, -0.2) is 22.2 Å². The maximum absolute atomic E-state index is 14.2. The number of hydrogen-bond donors (Lipinski definition) is 1. The number of benzene rings is 2. The third-order valence-electron chi connectivity index (χ3n) is 7.61. The Labute approximate surface area is 296 Å². The van der Waals surface area contributed by atoms with Gasteiger partial charge in [-0.15, -0.1) is 0 Å². The van der Waals surface area contributed by atoms with Crippen LogP contribution in [0.15, 0.2) is 47.3 Å². The zero-order valence-corrected chi connectivity index (χ0v) is 28.6. The lowest BCUT2D eigenvalue weighted by Gasteiger charge is -2.27. The van der Waals surface area contributed by atoms with Crippen LogP contribution in [0.1, 0.15) is 24.4 Å². The number of hydrogen-bond acceptors (Lipinski definition) is 9. The first-order valence-electron chi connectivity index (χ1n) is 14.6. The summed E-state index contributed by atoms with van der Waals surface area (Å²) in [7, 11) is -2.99. The second kappa shape index (κ2) is 13.5. The van der Waals surface area contributed by atoms with Gasteiger partial charge >= 0.3 is 18.0 Å². The van der Waals surface area contributed by atoms with Gasteiger partial charge in [0.05, 0.1) is 39.3 Å². The SMILES string of the molecule is CC(=O)N(c1nn(C)c2c(-n3c(C(N)Cc4cc(F)cc(F)c4)nc4nc(OCC(F)(F)C(F)(F)C(F)(F)F)ccc4c3=O)ccc(Cl)c12)S(C)(=O)=O. The van der Waals surface area contributed by atoms with Crippen LogP contribution in [0.4, 0.5) is 45.3 Å². The van der Waals surface area contributed by atoms with Crippen molar-refractivity contribution in [2.24, 2.45) is 12.8 Å². The van der Waals surface area contributed by atoms with E-state index in [1.54, 1.807) is 0 Å². The second-order valence-electron chi connectivity index (χ2n) is 11.6. The van der Waals surface area contributed by atoms with Crippen LogP contribution in [-0.2, 0) is 28.3 Å². The van der Waals surface area contributed by atoms with Crippen molar-refractivity contribution in [2.45, 2.75) is 37.4 Å². The number of carbonyl (C=O) groups is 1. The van der Waals surface area contributed by atoms with Gasteiger partial charge in [-0.1, -0.05) is 11.6 Å². The van der Waals surface area contributed by atoms with E-state index in [1.807, 2.05) is 0 Å². The third kappa shape index (κ3) is 7.21. The lowest BCUT2D eigenvalue weighted by Crippen LogP contribution is -2.54. The van der Waals surface area contributed by atoms with E-state index in [1.165, 1.54) is 19.2 Å². The number of amides is 1. The third-order valence-corrected chi connectivity index (χ3v) is 9.02. The fourth-order valence-corrected chi connectivity index (χ4v) is 6.51. The number of anilines is 1. The zero-order chi connectivity index (χ0) is 39.6. The minimum Gasteiger partial charge on any atom is -0.471 e. The Kier molecular flexibility index (Phi) is 9.98. The Morgan fingerprint density at radius 2 is 1.64 bits per heavy atom. The molecule has 3 heterocycles. The molecule has 0 aliphatic carbocycles. The second-order valence-corrected chi connectivity index (χ2v) is 13.8. The first kappa shape index (κ1) is 39.3. The smallest absolute Gasteiger partial charge is 0.460 e. The number of carbonyl (C=O) groups excluding carboxylic acids is 1. The van der Waals surface area contributed by atoms with Crippen LogP contribution >= 0.6 is 11.6 Å². The number of sulfonamides is 1. The van der Waals surface area contributed by atoms with Gasteiger partial charge in [0, 0.05) is 26.1 Å². The van der Waals surface area contributed by atoms with Crippen molar-refractivity contribution in [1.82, 2.24) is 24.3 Å². The van der Waals surface area contributed by atoms with Crippen molar-refractivity contribution in [3.8, 4) is 11.6 Å². The van der Waals surface area contributed by atoms with Crippen LogP contribution in [-0.4, -0.2) is 69.5 Å². The molecule has 284 valence electrons. The van der Waals surface area contributed by atoms with Crippen LogP contribution < -0.4 is 20.3 Å². The lowest BCUT2D eigenvalue weighted by molar-refractivity contribution is -0.358. The largest absolute Gasteiger partial charge is 0.471 e. The molecular weight excluding hydrogens is 777 g/mol. The number of aromatic nitrogens is 5. The minimum absolute atomic E-state index is 0.0388. The standard InChI is InChI=1S/C30H23ClF9N7O5S/c1-13(48)47(53(3,50)51)26-22-18(31)5-6-20(23(22)45(2)44-26)46-25(19(41)10-14-8-15(32)11-16(33)9-14)43-24-17(27(46)49)4-7-21(42-24)52-12-28(34,35)29(36,37)30(38,39)40/h4-9,11,19H,10,12,41H2,1-3H3. The van der Waals surface area contributed by atoms with Crippen molar-refractivity contribution < 1.29 is 57.5 Å². The predicted octanol–water partition coefficient (Wildman–Crippen LogP) is 5.37. The van der Waals surface area contributed by atoms with Gasteiger partial charge in [-0.05, 0) is 42.3 Å². The Morgan fingerprint density at radius 3 is 2.21 bits per heavy atom.